The summed E-state index contributed by atoms with van der Waals surface area (Å²) >= 11 is 0. The molecule has 0 radical (unpaired) electrons. The lowest BCUT2D eigenvalue weighted by Gasteiger charge is -2.37. The average molecular weight is 633 g/mol. The number of benzene rings is 4. The predicted molar refractivity (Wildman–Crippen MR) is 207 cm³/mol. The molecule has 2 heteroatoms. The zero-order valence-electron chi connectivity index (χ0n) is 28.0. The van der Waals surface area contributed by atoms with Crippen molar-refractivity contribution in [2.45, 2.75) is 32.6 Å². The Morgan fingerprint density at radius 3 is 2.31 bits per heavy atom. The Morgan fingerprint density at radius 2 is 1.43 bits per heavy atom. The molecule has 1 aromatic heterocycles. The van der Waals surface area contributed by atoms with Gasteiger partial charge in [-0.05, 0) is 100 Å². The first-order chi connectivity index (χ1) is 24.2. The molecule has 0 spiro atoms. The first-order valence-electron chi connectivity index (χ1n) is 17.7. The van der Waals surface area contributed by atoms with Crippen LogP contribution in [0.5, 0.6) is 0 Å². The summed E-state index contributed by atoms with van der Waals surface area (Å²) in [5.74, 6) is 0.226. The van der Waals surface area contributed by atoms with E-state index in [-0.39, 0.29) is 5.92 Å². The van der Waals surface area contributed by atoms with Gasteiger partial charge in [-0.3, -0.25) is 0 Å². The molecular weight excluding hydrogens is 593 g/mol. The predicted octanol–water partition coefficient (Wildman–Crippen LogP) is 10.1. The van der Waals surface area contributed by atoms with Gasteiger partial charge in [-0.2, -0.15) is 0 Å². The van der Waals surface area contributed by atoms with E-state index >= 15 is 0 Å². The highest BCUT2D eigenvalue weighted by atomic mass is 15.2. The molecule has 5 aromatic rings. The third-order valence-electron chi connectivity index (χ3n) is 10.5. The quantitative estimate of drug-likeness (QED) is 0.188. The summed E-state index contributed by atoms with van der Waals surface area (Å²) in [6.45, 7) is 3.27. The maximum Gasteiger partial charge on any atom is 0.0541 e. The van der Waals surface area contributed by atoms with Gasteiger partial charge in [0, 0.05) is 40.3 Å². The molecule has 2 aliphatic carbocycles. The number of nitrogens with zero attached hydrogens (tertiary/aromatic N) is 2. The Labute approximate surface area is 288 Å². The van der Waals surface area contributed by atoms with E-state index in [0.717, 1.165) is 32.2 Å². The molecule has 2 nitrogen and oxygen atoms in total. The highest BCUT2D eigenvalue weighted by Crippen LogP contribution is 2.41. The number of aromatic nitrogens is 1. The van der Waals surface area contributed by atoms with Crippen molar-refractivity contribution in [1.82, 2.24) is 9.47 Å². The van der Waals surface area contributed by atoms with Gasteiger partial charge in [0.2, 0.25) is 0 Å². The van der Waals surface area contributed by atoms with Crippen LogP contribution in [0, 0.1) is 5.92 Å². The monoisotopic (exact) mass is 632 g/mol. The second kappa shape index (κ2) is 12.5. The summed E-state index contributed by atoms with van der Waals surface area (Å²) in [4.78, 5) is 2.63. The lowest BCUT2D eigenvalue weighted by molar-refractivity contribution is 0.452. The summed E-state index contributed by atoms with van der Waals surface area (Å²) in [5.41, 5.74) is 13.3. The Balaban J connectivity index is 1.24. The Morgan fingerprint density at radius 1 is 0.673 bits per heavy atom. The molecule has 3 heterocycles. The van der Waals surface area contributed by atoms with Gasteiger partial charge in [0.05, 0.1) is 11.0 Å². The molecule has 49 heavy (non-hydrogen) atoms. The van der Waals surface area contributed by atoms with E-state index in [1.54, 1.807) is 0 Å². The van der Waals surface area contributed by atoms with Gasteiger partial charge in [-0.15, -0.1) is 0 Å². The molecule has 0 fully saturated rings. The number of para-hydroxylation sites is 2. The summed E-state index contributed by atoms with van der Waals surface area (Å²) < 4.78 is 2.40. The summed E-state index contributed by atoms with van der Waals surface area (Å²) in [6, 6.07) is 35.5. The van der Waals surface area contributed by atoms with E-state index in [4.69, 9.17) is 0 Å². The van der Waals surface area contributed by atoms with Crippen LogP contribution in [0.15, 0.2) is 174 Å². The molecule has 1 atom stereocenters. The van der Waals surface area contributed by atoms with Crippen LogP contribution in [0.2, 0.25) is 0 Å². The molecule has 1 unspecified atom stereocenters. The van der Waals surface area contributed by atoms with Gasteiger partial charge >= 0.3 is 0 Å². The second-order valence-corrected chi connectivity index (χ2v) is 13.6. The van der Waals surface area contributed by atoms with E-state index in [2.05, 4.69) is 174 Å². The van der Waals surface area contributed by atoms with Crippen LogP contribution in [0.25, 0.3) is 45.2 Å². The highest BCUT2D eigenvalue weighted by molar-refractivity contribution is 6.10. The molecular formula is C47H40N2. The van der Waals surface area contributed by atoms with Crippen molar-refractivity contribution < 1.29 is 0 Å². The smallest absolute Gasteiger partial charge is 0.0541 e. The van der Waals surface area contributed by atoms with E-state index < -0.39 is 0 Å². The van der Waals surface area contributed by atoms with Crippen molar-refractivity contribution >= 4 is 39.5 Å². The third-order valence-corrected chi connectivity index (χ3v) is 10.5. The van der Waals surface area contributed by atoms with Crippen LogP contribution in [-0.2, 0) is 0 Å². The number of hydrogen-bond acceptors (Lipinski definition) is 1. The Bertz CT molecular complexity index is 2470. The summed E-state index contributed by atoms with van der Waals surface area (Å²) in [7, 11) is 0. The van der Waals surface area contributed by atoms with Crippen LogP contribution >= 0.6 is 0 Å². The fourth-order valence-corrected chi connectivity index (χ4v) is 8.19. The molecule has 0 saturated carbocycles. The number of allylic oxidation sites excluding steroid dienone is 12. The molecule has 0 amide bonds. The zero-order chi connectivity index (χ0) is 32.7. The van der Waals surface area contributed by atoms with Gasteiger partial charge in [0.1, 0.15) is 0 Å². The fourth-order valence-electron chi connectivity index (χ4n) is 8.19. The van der Waals surface area contributed by atoms with Crippen LogP contribution in [-0.4, -0.2) is 16.0 Å². The van der Waals surface area contributed by atoms with Crippen LogP contribution in [0.4, 0.5) is 0 Å². The molecule has 9 rings (SSSR count). The molecule has 2 bridgehead atoms. The van der Waals surface area contributed by atoms with Crippen molar-refractivity contribution in [3.8, 4) is 5.69 Å². The lowest BCUT2D eigenvalue weighted by Crippen LogP contribution is -2.32. The number of fused-ring (bicyclic) bond motifs is 9. The van der Waals surface area contributed by atoms with Gasteiger partial charge in [0.15, 0.2) is 0 Å². The topological polar surface area (TPSA) is 8.17 Å². The van der Waals surface area contributed by atoms with Crippen LogP contribution in [0.1, 0.15) is 38.2 Å². The van der Waals surface area contributed by atoms with Crippen molar-refractivity contribution in [3.63, 3.8) is 0 Å². The van der Waals surface area contributed by atoms with Gasteiger partial charge in [-0.25, -0.2) is 0 Å². The van der Waals surface area contributed by atoms with E-state index in [9.17, 15) is 0 Å². The van der Waals surface area contributed by atoms with Crippen molar-refractivity contribution in [2.24, 2.45) is 5.92 Å². The Hall–Kier alpha value is -5.60. The van der Waals surface area contributed by atoms with Crippen molar-refractivity contribution in [3.05, 3.63) is 190 Å². The first-order valence-corrected chi connectivity index (χ1v) is 17.7. The number of rotatable bonds is 2. The van der Waals surface area contributed by atoms with Gasteiger partial charge < -0.3 is 9.47 Å². The fraction of sp³-hybridized carbons (Fsp3) is 0.149. The zero-order valence-corrected chi connectivity index (χ0v) is 28.0. The molecule has 0 saturated heterocycles. The molecule has 4 aromatic carbocycles. The minimum atomic E-state index is 0.226. The minimum Gasteiger partial charge on any atom is -0.337 e. The lowest BCUT2D eigenvalue weighted by atomic mass is 9.91. The van der Waals surface area contributed by atoms with Crippen LogP contribution < -0.4 is 10.4 Å². The maximum atomic E-state index is 2.63. The van der Waals surface area contributed by atoms with E-state index in [0.29, 0.717) is 0 Å². The molecule has 2 aliphatic heterocycles. The second-order valence-electron chi connectivity index (χ2n) is 13.6. The summed E-state index contributed by atoms with van der Waals surface area (Å²) in [6.07, 6.45) is 27.5. The average Bonchev–Trinajstić information content (AvgIpc) is 3.36. The van der Waals surface area contributed by atoms with E-state index in [1.807, 2.05) is 0 Å². The van der Waals surface area contributed by atoms with Gasteiger partial charge in [0.25, 0.3) is 0 Å². The first kappa shape index (κ1) is 29.5. The number of hydrogen-bond donors (Lipinski definition) is 0. The largest absolute Gasteiger partial charge is 0.337 e. The van der Waals surface area contributed by atoms with Gasteiger partial charge in [-0.1, -0.05) is 128 Å². The SMILES string of the molecule is CC1/C=C(c2ccc3c(c2)c2ccccc2n3-c2ccccc2)\C=C2\CC3=C(C=c4ccccc4=CC3)N(C2)C2=C/C/C=C\C=C/C/C=C\21. The standard InChI is InChI=1S/C47H40N2/c1-33-27-39(37-25-26-46-43(30-37)42-20-13-14-22-45(42)49(46)40-17-7-6-8-18-40)29-34-28-38-24-23-35-15-11-12-16-36(35)31-47(38)48(32-34)44-21-10-5-3-2-4-9-19-41(33)44/h2-8,11-23,25-27,29-31,33H,9-10,24,28,32H2,1H3/b4-2-,5-3-,34-29-,39-27+,41-19-,44-21+. The maximum absolute atomic E-state index is 2.63. The summed E-state index contributed by atoms with van der Waals surface area (Å²) in [5, 5.41) is 5.22. The molecule has 238 valence electrons. The minimum absolute atomic E-state index is 0.226. The normalized spacial score (nSPS) is 24.6. The highest BCUT2D eigenvalue weighted by Gasteiger charge is 2.29. The van der Waals surface area contributed by atoms with Crippen molar-refractivity contribution in [2.75, 3.05) is 6.54 Å². The van der Waals surface area contributed by atoms with Crippen molar-refractivity contribution in [1.29, 1.82) is 0 Å². The van der Waals surface area contributed by atoms with E-state index in [1.165, 1.54) is 77.2 Å². The molecule has 0 N–H and O–H groups in total. The van der Waals surface area contributed by atoms with Crippen LogP contribution in [0.3, 0.4) is 0 Å². The Kier molecular flexibility index (Phi) is 7.50. The molecule has 4 aliphatic rings. The third kappa shape index (κ3) is 5.38.